The van der Waals surface area contributed by atoms with Gasteiger partial charge in [0, 0.05) is 12.8 Å². The fourth-order valence-corrected chi connectivity index (χ4v) is 10.7. The van der Waals surface area contributed by atoms with Gasteiger partial charge in [0.15, 0.2) is 0 Å². The average molecular weight is 633 g/mol. The predicted molar refractivity (Wildman–Crippen MR) is 198 cm³/mol. The molecule has 0 N–H and O–H groups in total. The molecule has 0 spiro atoms. The minimum absolute atomic E-state index is 0.0223. The second-order valence-corrected chi connectivity index (χ2v) is 16.8. The van der Waals surface area contributed by atoms with Gasteiger partial charge in [-0.05, 0) is 142 Å². The molecule has 9 unspecified atom stereocenters. The lowest BCUT2D eigenvalue weighted by Crippen LogP contribution is -2.51. The van der Waals surface area contributed by atoms with Crippen LogP contribution < -0.4 is 0 Å². The molecule has 0 aromatic heterocycles. The van der Waals surface area contributed by atoms with Crippen LogP contribution in [0.4, 0.5) is 0 Å². The van der Waals surface area contributed by atoms with E-state index in [-0.39, 0.29) is 12.1 Å². The second kappa shape index (κ2) is 17.7. The summed E-state index contributed by atoms with van der Waals surface area (Å²) in [5.41, 5.74) is 2.41. The molecule has 0 aliphatic heterocycles. The zero-order valence-corrected chi connectivity index (χ0v) is 31.2. The molecule has 0 aromatic carbocycles. The zero-order valence-electron chi connectivity index (χ0n) is 31.2. The Hall–Kier alpha value is -1.57. The maximum atomic E-state index is 12.8. The molecule has 46 heavy (non-hydrogen) atoms. The molecule has 4 aliphatic carbocycles. The summed E-state index contributed by atoms with van der Waals surface area (Å²) in [6.45, 7) is 17.1. The lowest BCUT2D eigenvalue weighted by atomic mass is 9.47. The van der Waals surface area contributed by atoms with Crippen molar-refractivity contribution in [1.29, 1.82) is 0 Å². The van der Waals surface area contributed by atoms with Gasteiger partial charge in [0.2, 0.25) is 0 Å². The van der Waals surface area contributed by atoms with E-state index in [4.69, 9.17) is 4.74 Å². The van der Waals surface area contributed by atoms with Crippen molar-refractivity contribution in [3.8, 4) is 0 Å². The molecular formula is C44H72O2. The highest BCUT2D eigenvalue weighted by molar-refractivity contribution is 5.69. The van der Waals surface area contributed by atoms with Crippen molar-refractivity contribution in [3.63, 3.8) is 0 Å². The van der Waals surface area contributed by atoms with Gasteiger partial charge in [-0.3, -0.25) is 4.79 Å². The number of allylic oxidation sites excluding steroid dienone is 7. The molecule has 0 saturated heterocycles. The van der Waals surface area contributed by atoms with Crippen LogP contribution in [0.5, 0.6) is 0 Å². The molecule has 3 saturated carbocycles. The summed E-state index contributed by atoms with van der Waals surface area (Å²) in [5, 5.41) is 0. The van der Waals surface area contributed by atoms with Crippen LogP contribution in [0.3, 0.4) is 0 Å². The van der Waals surface area contributed by atoms with Gasteiger partial charge in [-0.25, -0.2) is 0 Å². The number of rotatable bonds is 17. The molecule has 0 heterocycles. The molecule has 0 amide bonds. The number of carbonyl (C=O) groups is 1. The molecule has 2 nitrogen and oxygen atoms in total. The summed E-state index contributed by atoms with van der Waals surface area (Å²) in [5.74, 6) is 5.48. The van der Waals surface area contributed by atoms with E-state index in [0.717, 1.165) is 68.1 Å². The van der Waals surface area contributed by atoms with Gasteiger partial charge in [-0.15, -0.1) is 0 Å². The first-order valence-corrected chi connectivity index (χ1v) is 20.0. The number of carbonyl (C=O) groups excluding carboxylic acids is 1. The monoisotopic (exact) mass is 633 g/mol. The Morgan fingerprint density at radius 2 is 1.63 bits per heavy atom. The Bertz CT molecular complexity index is 1060. The van der Waals surface area contributed by atoms with Crippen LogP contribution >= 0.6 is 0 Å². The highest BCUT2D eigenvalue weighted by Gasteiger charge is 2.59. The minimum Gasteiger partial charge on any atom is -0.462 e. The van der Waals surface area contributed by atoms with Gasteiger partial charge in [-0.1, -0.05) is 109 Å². The van der Waals surface area contributed by atoms with Gasteiger partial charge in [0.1, 0.15) is 6.10 Å². The van der Waals surface area contributed by atoms with Crippen molar-refractivity contribution >= 4 is 5.97 Å². The lowest BCUT2D eigenvalue weighted by molar-refractivity contribution is -0.151. The maximum absolute atomic E-state index is 12.8. The van der Waals surface area contributed by atoms with E-state index in [1.54, 1.807) is 5.57 Å². The van der Waals surface area contributed by atoms with E-state index in [1.165, 1.54) is 70.6 Å². The number of hydrogen-bond donors (Lipinski definition) is 0. The van der Waals surface area contributed by atoms with Crippen LogP contribution in [0.25, 0.3) is 0 Å². The fourth-order valence-electron chi connectivity index (χ4n) is 10.7. The molecule has 3 fully saturated rings. The third-order valence-electron chi connectivity index (χ3n) is 13.6. The van der Waals surface area contributed by atoms with Crippen molar-refractivity contribution in [2.75, 3.05) is 0 Å². The summed E-state index contributed by atoms with van der Waals surface area (Å²) < 4.78 is 6.10. The van der Waals surface area contributed by atoms with Crippen molar-refractivity contribution in [2.24, 2.45) is 52.3 Å². The van der Waals surface area contributed by atoms with E-state index >= 15 is 0 Å². The lowest BCUT2D eigenvalue weighted by Gasteiger charge is -2.58. The molecule has 4 rings (SSSR count). The molecular weight excluding hydrogens is 560 g/mol. The summed E-state index contributed by atoms with van der Waals surface area (Å²) >= 11 is 0. The molecule has 2 heteroatoms. The van der Waals surface area contributed by atoms with E-state index in [1.807, 2.05) is 0 Å². The number of unbranched alkanes of at least 4 members (excludes halogenated alkanes) is 5. The first-order chi connectivity index (χ1) is 22.1. The van der Waals surface area contributed by atoms with E-state index in [0.29, 0.717) is 29.1 Å². The molecule has 4 aliphatic rings. The van der Waals surface area contributed by atoms with Crippen molar-refractivity contribution < 1.29 is 9.53 Å². The number of esters is 1. The average Bonchev–Trinajstić information content (AvgIpc) is 3.39. The highest BCUT2D eigenvalue weighted by atomic mass is 16.5. The predicted octanol–water partition coefficient (Wildman–Crippen LogP) is 13.0. The Kier molecular flexibility index (Phi) is 14.3. The summed E-state index contributed by atoms with van der Waals surface area (Å²) in [4.78, 5) is 12.8. The van der Waals surface area contributed by atoms with Gasteiger partial charge in [-0.2, -0.15) is 0 Å². The fraction of sp³-hybridized carbons (Fsp3) is 0.795. The maximum Gasteiger partial charge on any atom is 0.306 e. The van der Waals surface area contributed by atoms with Crippen LogP contribution in [0, 0.1) is 52.3 Å². The smallest absolute Gasteiger partial charge is 0.306 e. The number of hydrogen-bond acceptors (Lipinski definition) is 2. The SMILES string of the molecule is CCCCC/C=C\C/C=C\CCCCC(=O)OC1CCC2(C)C(=CCC3C2CCC2(C)C(C(C)/C=C/C(CC)C(C)C)CCC32)C1. The quantitative estimate of drug-likeness (QED) is 0.0906. The Labute approximate surface area is 285 Å². The minimum atomic E-state index is 0.0223. The number of fused-ring (bicyclic) bond motifs is 5. The number of ether oxygens (including phenoxy) is 1. The first-order valence-electron chi connectivity index (χ1n) is 20.0. The molecule has 9 atom stereocenters. The molecule has 0 bridgehead atoms. The van der Waals surface area contributed by atoms with Crippen LogP contribution in [-0.2, 0) is 9.53 Å². The van der Waals surface area contributed by atoms with Gasteiger partial charge in [0.25, 0.3) is 0 Å². The normalized spacial score (nSPS) is 34.1. The van der Waals surface area contributed by atoms with E-state index in [9.17, 15) is 4.79 Å². The van der Waals surface area contributed by atoms with Crippen LogP contribution in [0.15, 0.2) is 48.1 Å². The standard InChI is InChI=1S/C44H72O2/c1-8-10-11-12-13-14-15-16-17-18-19-20-21-42(45)46-37-28-30-43(6)36(32-37)24-25-38-40-27-26-39(44(40,7)31-29-41(38)43)34(5)22-23-35(9-2)33(3)4/h13-14,16-17,22-24,33-35,37-41H,8-12,15,18-21,25-32H2,1-7H3/b14-13-,17-16-,23-22+. The van der Waals surface area contributed by atoms with Crippen LogP contribution in [0.2, 0.25) is 0 Å². The van der Waals surface area contributed by atoms with Crippen LogP contribution in [0.1, 0.15) is 164 Å². The third-order valence-corrected chi connectivity index (χ3v) is 13.6. The Morgan fingerprint density at radius 1 is 0.891 bits per heavy atom. The summed E-state index contributed by atoms with van der Waals surface area (Å²) in [7, 11) is 0. The van der Waals surface area contributed by atoms with Crippen LogP contribution in [-0.4, -0.2) is 12.1 Å². The molecule has 0 radical (unpaired) electrons. The van der Waals surface area contributed by atoms with Crippen molar-refractivity contribution in [1.82, 2.24) is 0 Å². The third kappa shape index (κ3) is 9.11. The summed E-state index contributed by atoms with van der Waals surface area (Å²) in [6.07, 6.45) is 38.1. The topological polar surface area (TPSA) is 26.3 Å². The first kappa shape index (κ1) is 37.3. The van der Waals surface area contributed by atoms with Crippen molar-refractivity contribution in [2.45, 2.75) is 170 Å². The van der Waals surface area contributed by atoms with Gasteiger partial charge >= 0.3 is 5.97 Å². The van der Waals surface area contributed by atoms with Crippen molar-refractivity contribution in [3.05, 3.63) is 48.1 Å². The largest absolute Gasteiger partial charge is 0.462 e. The Morgan fingerprint density at radius 3 is 2.33 bits per heavy atom. The van der Waals surface area contributed by atoms with Gasteiger partial charge < -0.3 is 4.74 Å². The highest BCUT2D eigenvalue weighted by Crippen LogP contribution is 2.67. The molecule has 0 aromatic rings. The Balaban J connectivity index is 1.22. The van der Waals surface area contributed by atoms with E-state index < -0.39 is 0 Å². The molecule has 260 valence electrons. The van der Waals surface area contributed by atoms with E-state index in [2.05, 4.69) is 91.0 Å². The second-order valence-electron chi connectivity index (χ2n) is 16.8. The zero-order chi connectivity index (χ0) is 33.2. The van der Waals surface area contributed by atoms with Gasteiger partial charge in [0.05, 0.1) is 0 Å². The summed E-state index contributed by atoms with van der Waals surface area (Å²) in [6, 6.07) is 0.